The van der Waals surface area contributed by atoms with Crippen LogP contribution in [0.15, 0.2) is 77.7 Å². The number of nitrogens with one attached hydrogen (secondary N) is 1. The first-order valence-electron chi connectivity index (χ1n) is 10.9. The number of sulfonamides is 1. The fourth-order valence-electron chi connectivity index (χ4n) is 3.83. The fourth-order valence-corrected chi connectivity index (χ4v) is 4.78. The van der Waals surface area contributed by atoms with E-state index in [2.05, 4.69) is 15.5 Å². The Morgan fingerprint density at radius 1 is 0.943 bits per heavy atom. The van der Waals surface area contributed by atoms with Gasteiger partial charge >= 0.3 is 0 Å². The molecule has 0 aliphatic heterocycles. The molecule has 0 bridgehead atoms. The molecule has 5 aromatic rings. The zero-order valence-electron chi connectivity index (χ0n) is 19.5. The van der Waals surface area contributed by atoms with Gasteiger partial charge in [-0.15, -0.1) is 15.3 Å². The van der Waals surface area contributed by atoms with E-state index < -0.39 is 10.0 Å². The molecule has 0 aliphatic carbocycles. The molecule has 0 aliphatic rings. The molecule has 0 saturated heterocycles. The molecule has 0 atom stereocenters. The van der Waals surface area contributed by atoms with Gasteiger partial charge < -0.3 is 10.1 Å². The van der Waals surface area contributed by atoms with Gasteiger partial charge in [0, 0.05) is 37.0 Å². The SMILES string of the molecule is COc1ccc(Cc2nnc3c4ccccc4c(Nc4cccc(S(=O)(=O)N(C)C)c4)nn23)cc1. The van der Waals surface area contributed by atoms with Gasteiger partial charge in [0.05, 0.1) is 12.0 Å². The van der Waals surface area contributed by atoms with E-state index in [9.17, 15) is 8.42 Å². The maximum absolute atomic E-state index is 12.6. The van der Waals surface area contributed by atoms with Crippen LogP contribution in [0, 0.1) is 0 Å². The second-order valence-electron chi connectivity index (χ2n) is 8.21. The summed E-state index contributed by atoms with van der Waals surface area (Å²) in [5, 5.41) is 18.7. The lowest BCUT2D eigenvalue weighted by molar-refractivity contribution is 0.414. The van der Waals surface area contributed by atoms with Crippen LogP contribution in [-0.2, 0) is 16.4 Å². The van der Waals surface area contributed by atoms with Crippen LogP contribution < -0.4 is 10.1 Å². The molecule has 0 unspecified atom stereocenters. The minimum atomic E-state index is -3.57. The minimum Gasteiger partial charge on any atom is -0.497 e. The maximum Gasteiger partial charge on any atom is 0.242 e. The summed E-state index contributed by atoms with van der Waals surface area (Å²) < 4.78 is 33.4. The van der Waals surface area contributed by atoms with Crippen molar-refractivity contribution in [2.75, 3.05) is 26.5 Å². The fraction of sp³-hybridized carbons (Fsp3) is 0.160. The van der Waals surface area contributed by atoms with E-state index in [1.165, 1.54) is 18.4 Å². The first-order valence-corrected chi connectivity index (χ1v) is 12.4. The number of anilines is 2. The molecule has 35 heavy (non-hydrogen) atoms. The van der Waals surface area contributed by atoms with E-state index in [0.29, 0.717) is 29.4 Å². The Hall–Kier alpha value is -4.02. The number of methoxy groups -OCH3 is 1. The van der Waals surface area contributed by atoms with Gasteiger partial charge in [0.1, 0.15) is 5.75 Å². The summed E-state index contributed by atoms with van der Waals surface area (Å²) in [5.74, 6) is 2.04. The maximum atomic E-state index is 12.6. The van der Waals surface area contributed by atoms with E-state index in [-0.39, 0.29) is 4.90 Å². The summed E-state index contributed by atoms with van der Waals surface area (Å²) in [7, 11) is 1.09. The molecule has 5 rings (SSSR count). The van der Waals surface area contributed by atoms with Crippen molar-refractivity contribution in [3.05, 3.63) is 84.2 Å². The van der Waals surface area contributed by atoms with Crippen molar-refractivity contribution in [2.45, 2.75) is 11.3 Å². The summed E-state index contributed by atoms with van der Waals surface area (Å²) in [4.78, 5) is 0.197. The molecule has 2 heterocycles. The standard InChI is InChI=1S/C25H24N6O3S/c1-30(2)35(32,33)20-8-6-7-18(16-20)26-24-21-9-4-5-10-22(21)25-28-27-23(31(25)29-24)15-17-11-13-19(34-3)14-12-17/h4-14,16H,15H2,1-3H3,(H,26,29). The van der Waals surface area contributed by atoms with E-state index in [0.717, 1.165) is 22.1 Å². The van der Waals surface area contributed by atoms with Crippen molar-refractivity contribution in [1.29, 1.82) is 0 Å². The molecule has 0 spiro atoms. The van der Waals surface area contributed by atoms with Gasteiger partial charge in [0.25, 0.3) is 0 Å². The molecule has 10 heteroatoms. The number of aromatic nitrogens is 4. The Labute approximate surface area is 203 Å². The second kappa shape index (κ2) is 8.97. The molecule has 2 aromatic heterocycles. The molecule has 9 nitrogen and oxygen atoms in total. The van der Waals surface area contributed by atoms with Crippen molar-refractivity contribution in [2.24, 2.45) is 0 Å². The van der Waals surface area contributed by atoms with E-state index in [1.54, 1.807) is 35.9 Å². The van der Waals surface area contributed by atoms with Crippen LogP contribution in [0.2, 0.25) is 0 Å². The Morgan fingerprint density at radius 2 is 1.69 bits per heavy atom. The normalized spacial score (nSPS) is 11.9. The number of hydrogen-bond donors (Lipinski definition) is 1. The number of benzene rings is 3. The van der Waals surface area contributed by atoms with Gasteiger partial charge in [-0.3, -0.25) is 0 Å². The van der Waals surface area contributed by atoms with E-state index in [4.69, 9.17) is 9.84 Å². The van der Waals surface area contributed by atoms with Gasteiger partial charge in [0.2, 0.25) is 10.0 Å². The molecule has 0 radical (unpaired) electrons. The molecule has 0 fully saturated rings. The zero-order valence-corrected chi connectivity index (χ0v) is 20.3. The van der Waals surface area contributed by atoms with Crippen LogP contribution in [0.3, 0.4) is 0 Å². The average molecular weight is 489 g/mol. The highest BCUT2D eigenvalue weighted by molar-refractivity contribution is 7.89. The van der Waals surface area contributed by atoms with Crippen molar-refractivity contribution < 1.29 is 13.2 Å². The first kappa shape index (κ1) is 22.8. The summed E-state index contributed by atoms with van der Waals surface area (Å²) in [6.07, 6.45) is 0.534. The highest BCUT2D eigenvalue weighted by Gasteiger charge is 2.18. The Morgan fingerprint density at radius 3 is 2.40 bits per heavy atom. The van der Waals surface area contributed by atoms with Crippen LogP contribution in [0.4, 0.5) is 11.5 Å². The third-order valence-electron chi connectivity index (χ3n) is 5.72. The first-order chi connectivity index (χ1) is 16.9. The van der Waals surface area contributed by atoms with Crippen molar-refractivity contribution in [3.63, 3.8) is 0 Å². The van der Waals surface area contributed by atoms with Gasteiger partial charge in [-0.1, -0.05) is 42.5 Å². The Bertz CT molecular complexity index is 1630. The van der Waals surface area contributed by atoms with Gasteiger partial charge in [-0.05, 0) is 35.9 Å². The summed E-state index contributed by atoms with van der Waals surface area (Å²) >= 11 is 0. The van der Waals surface area contributed by atoms with Gasteiger partial charge in [-0.25, -0.2) is 12.7 Å². The third kappa shape index (κ3) is 4.29. The predicted molar refractivity (Wildman–Crippen MR) is 135 cm³/mol. The van der Waals surface area contributed by atoms with Crippen LogP contribution >= 0.6 is 0 Å². The quantitative estimate of drug-likeness (QED) is 0.371. The molecule has 0 amide bonds. The van der Waals surface area contributed by atoms with E-state index in [1.807, 2.05) is 48.5 Å². The minimum absolute atomic E-state index is 0.197. The molecule has 0 saturated carbocycles. The van der Waals surface area contributed by atoms with Gasteiger partial charge in [0.15, 0.2) is 17.3 Å². The lowest BCUT2D eigenvalue weighted by atomic mass is 10.1. The molecule has 178 valence electrons. The van der Waals surface area contributed by atoms with Gasteiger partial charge in [-0.2, -0.15) is 4.52 Å². The Kier molecular flexibility index (Phi) is 5.83. The number of ether oxygens (including phenoxy) is 1. The lowest BCUT2D eigenvalue weighted by Gasteiger charge is -2.14. The average Bonchev–Trinajstić information content (AvgIpc) is 3.27. The second-order valence-corrected chi connectivity index (χ2v) is 10.4. The smallest absolute Gasteiger partial charge is 0.242 e. The molecular formula is C25H24N6O3S. The van der Waals surface area contributed by atoms with Crippen LogP contribution in [0.1, 0.15) is 11.4 Å². The zero-order chi connectivity index (χ0) is 24.6. The number of rotatable bonds is 7. The van der Waals surface area contributed by atoms with Crippen molar-refractivity contribution in [3.8, 4) is 5.75 Å². The number of nitrogens with zero attached hydrogens (tertiary/aromatic N) is 5. The highest BCUT2D eigenvalue weighted by atomic mass is 32.2. The summed E-state index contributed by atoms with van der Waals surface area (Å²) in [5.41, 5.74) is 2.31. The number of fused-ring (bicyclic) bond motifs is 3. The largest absolute Gasteiger partial charge is 0.497 e. The number of hydrogen-bond acceptors (Lipinski definition) is 7. The summed E-state index contributed by atoms with van der Waals surface area (Å²) in [6, 6.07) is 22.2. The van der Waals surface area contributed by atoms with Crippen LogP contribution in [-0.4, -0.2) is 53.7 Å². The molecular weight excluding hydrogens is 464 g/mol. The van der Waals surface area contributed by atoms with Crippen molar-refractivity contribution in [1.82, 2.24) is 24.1 Å². The van der Waals surface area contributed by atoms with Crippen LogP contribution in [0.5, 0.6) is 5.75 Å². The van der Waals surface area contributed by atoms with Crippen LogP contribution in [0.25, 0.3) is 16.4 Å². The Balaban J connectivity index is 1.58. The summed E-state index contributed by atoms with van der Waals surface area (Å²) in [6.45, 7) is 0. The lowest BCUT2D eigenvalue weighted by Crippen LogP contribution is -2.22. The van der Waals surface area contributed by atoms with E-state index >= 15 is 0 Å². The monoisotopic (exact) mass is 488 g/mol. The predicted octanol–water partition coefficient (Wildman–Crippen LogP) is 3.87. The van der Waals surface area contributed by atoms with Crippen molar-refractivity contribution >= 4 is 37.9 Å². The molecule has 1 N–H and O–H groups in total. The highest BCUT2D eigenvalue weighted by Crippen LogP contribution is 2.29. The topological polar surface area (TPSA) is 102 Å². The molecule has 3 aromatic carbocycles. The third-order valence-corrected chi connectivity index (χ3v) is 7.54.